The van der Waals surface area contributed by atoms with Crippen molar-refractivity contribution in [2.24, 2.45) is 0 Å². The first kappa shape index (κ1) is 18.4. The van der Waals surface area contributed by atoms with Crippen LogP contribution in [-0.2, 0) is 11.3 Å². The Morgan fingerprint density at radius 3 is 2.68 bits per heavy atom. The molecule has 1 amide bonds. The predicted molar refractivity (Wildman–Crippen MR) is 96.7 cm³/mol. The second-order valence-electron chi connectivity index (χ2n) is 7.26. The van der Waals surface area contributed by atoms with E-state index in [0.717, 1.165) is 59.0 Å². The smallest absolute Gasteiger partial charge is 0.257 e. The number of morpholine rings is 1. The van der Waals surface area contributed by atoms with Crippen molar-refractivity contribution in [1.82, 2.24) is 24.5 Å². The van der Waals surface area contributed by atoms with Crippen LogP contribution in [0, 0.1) is 0 Å². The average molecular weight is 349 g/mol. The molecule has 7 nitrogen and oxygen atoms in total. The molecule has 25 heavy (non-hydrogen) atoms. The molecule has 2 aliphatic heterocycles. The summed E-state index contributed by atoms with van der Waals surface area (Å²) in [5.74, 6) is 0.0965. The fraction of sp³-hybridized carbons (Fsp3) is 0.778. The minimum absolute atomic E-state index is 0.0965. The van der Waals surface area contributed by atoms with E-state index in [1.807, 2.05) is 18.0 Å². The Hall–Kier alpha value is -1.44. The zero-order valence-corrected chi connectivity index (χ0v) is 15.7. The molecule has 2 aliphatic rings. The van der Waals surface area contributed by atoms with Crippen LogP contribution < -0.4 is 0 Å². The number of amides is 1. The van der Waals surface area contributed by atoms with Gasteiger partial charge in [0.2, 0.25) is 0 Å². The van der Waals surface area contributed by atoms with Gasteiger partial charge in [-0.2, -0.15) is 5.10 Å². The summed E-state index contributed by atoms with van der Waals surface area (Å²) in [6.07, 6.45) is 3.79. The lowest BCUT2D eigenvalue weighted by molar-refractivity contribution is -0.0555. The highest BCUT2D eigenvalue weighted by Gasteiger charge is 2.27. The van der Waals surface area contributed by atoms with Crippen LogP contribution in [0.15, 0.2) is 12.4 Å². The van der Waals surface area contributed by atoms with Gasteiger partial charge in [-0.25, -0.2) is 0 Å². The third kappa shape index (κ3) is 4.59. The monoisotopic (exact) mass is 349 g/mol. The quantitative estimate of drug-likeness (QED) is 0.786. The average Bonchev–Trinajstić information content (AvgIpc) is 3.11. The Bertz CT molecular complexity index is 566. The molecule has 1 atom stereocenters. The molecule has 3 heterocycles. The third-order valence-corrected chi connectivity index (χ3v) is 5.23. The van der Waals surface area contributed by atoms with Crippen molar-refractivity contribution in [2.75, 3.05) is 52.4 Å². The van der Waals surface area contributed by atoms with Crippen LogP contribution >= 0.6 is 0 Å². The normalized spacial score (nSPS) is 23.4. The number of aromatic nitrogens is 2. The topological polar surface area (TPSA) is 53.8 Å². The molecule has 0 bridgehead atoms. The molecule has 0 spiro atoms. The number of hydrogen-bond donors (Lipinski definition) is 0. The Balaban J connectivity index is 1.46. The van der Waals surface area contributed by atoms with Crippen molar-refractivity contribution in [1.29, 1.82) is 0 Å². The first-order chi connectivity index (χ1) is 12.1. The van der Waals surface area contributed by atoms with Gasteiger partial charge in [0.15, 0.2) is 0 Å². The molecular weight excluding hydrogens is 318 g/mol. The van der Waals surface area contributed by atoms with E-state index in [4.69, 9.17) is 4.74 Å². The maximum atomic E-state index is 12.6. The molecule has 140 valence electrons. The Kier molecular flexibility index (Phi) is 6.09. The molecule has 0 aromatic carbocycles. The first-order valence-electron chi connectivity index (χ1n) is 9.46. The van der Waals surface area contributed by atoms with Gasteiger partial charge in [-0.1, -0.05) is 0 Å². The SMILES string of the molecule is CCn1cc(C(=O)N2CCN(CC3CN(C(C)C)CCO3)CC2)cn1. The highest BCUT2D eigenvalue weighted by Crippen LogP contribution is 2.13. The fourth-order valence-corrected chi connectivity index (χ4v) is 3.57. The van der Waals surface area contributed by atoms with E-state index >= 15 is 0 Å². The minimum atomic E-state index is 0.0965. The molecule has 0 N–H and O–H groups in total. The molecule has 0 saturated carbocycles. The molecule has 2 fully saturated rings. The van der Waals surface area contributed by atoms with Gasteiger partial charge in [-0.05, 0) is 20.8 Å². The van der Waals surface area contributed by atoms with Gasteiger partial charge >= 0.3 is 0 Å². The number of aryl methyl sites for hydroxylation is 1. The number of ether oxygens (including phenoxy) is 1. The van der Waals surface area contributed by atoms with Crippen LogP contribution in [0.1, 0.15) is 31.1 Å². The van der Waals surface area contributed by atoms with Gasteiger partial charge in [0.1, 0.15) is 0 Å². The number of hydrogen-bond acceptors (Lipinski definition) is 5. The van der Waals surface area contributed by atoms with E-state index in [9.17, 15) is 4.79 Å². The summed E-state index contributed by atoms with van der Waals surface area (Å²) in [4.78, 5) is 19.4. The molecule has 1 unspecified atom stereocenters. The lowest BCUT2D eigenvalue weighted by atomic mass is 10.2. The standard InChI is InChI=1S/C18H31N5O2/c1-4-23-12-16(11-19-23)18(24)21-7-5-20(6-8-21)13-17-14-22(15(2)3)9-10-25-17/h11-12,15,17H,4-10,13-14H2,1-3H3. The van der Waals surface area contributed by atoms with Gasteiger partial charge in [-0.15, -0.1) is 0 Å². The van der Waals surface area contributed by atoms with Crippen LogP contribution in [0.4, 0.5) is 0 Å². The van der Waals surface area contributed by atoms with Crippen LogP contribution in [0.5, 0.6) is 0 Å². The molecule has 1 aromatic rings. The zero-order valence-electron chi connectivity index (χ0n) is 15.7. The highest BCUT2D eigenvalue weighted by molar-refractivity contribution is 5.93. The molecule has 7 heteroatoms. The van der Waals surface area contributed by atoms with E-state index in [2.05, 4.69) is 28.7 Å². The van der Waals surface area contributed by atoms with Gasteiger partial charge in [0, 0.05) is 64.6 Å². The van der Waals surface area contributed by atoms with E-state index in [0.29, 0.717) is 11.6 Å². The van der Waals surface area contributed by atoms with Crippen LogP contribution in [-0.4, -0.2) is 95.0 Å². The summed E-state index contributed by atoms with van der Waals surface area (Å²) in [6, 6.07) is 0.574. The van der Waals surface area contributed by atoms with Crippen molar-refractivity contribution in [3.63, 3.8) is 0 Å². The number of carbonyl (C=O) groups excluding carboxylic acids is 1. The summed E-state index contributed by atoms with van der Waals surface area (Å²) in [7, 11) is 0. The van der Waals surface area contributed by atoms with Crippen molar-refractivity contribution in [3.05, 3.63) is 18.0 Å². The Morgan fingerprint density at radius 1 is 1.28 bits per heavy atom. The maximum Gasteiger partial charge on any atom is 0.257 e. The summed E-state index contributed by atoms with van der Waals surface area (Å²) >= 11 is 0. The maximum absolute atomic E-state index is 12.6. The van der Waals surface area contributed by atoms with Gasteiger partial charge in [-0.3, -0.25) is 19.3 Å². The minimum Gasteiger partial charge on any atom is -0.374 e. The van der Waals surface area contributed by atoms with E-state index in [1.165, 1.54) is 0 Å². The van der Waals surface area contributed by atoms with E-state index in [-0.39, 0.29) is 12.0 Å². The van der Waals surface area contributed by atoms with Gasteiger partial charge < -0.3 is 9.64 Å². The molecule has 3 rings (SSSR count). The molecule has 1 aromatic heterocycles. The summed E-state index contributed by atoms with van der Waals surface area (Å²) in [5.41, 5.74) is 0.693. The van der Waals surface area contributed by atoms with Crippen molar-refractivity contribution in [3.8, 4) is 0 Å². The van der Waals surface area contributed by atoms with Gasteiger partial charge in [0.25, 0.3) is 5.91 Å². The predicted octanol–water partition coefficient (Wildman–Crippen LogP) is 0.770. The highest BCUT2D eigenvalue weighted by atomic mass is 16.5. The van der Waals surface area contributed by atoms with Crippen molar-refractivity contribution in [2.45, 2.75) is 39.5 Å². The first-order valence-corrected chi connectivity index (χ1v) is 9.46. The summed E-state index contributed by atoms with van der Waals surface area (Å²) < 4.78 is 7.74. The van der Waals surface area contributed by atoms with Crippen LogP contribution in [0.2, 0.25) is 0 Å². The second kappa shape index (κ2) is 8.29. The van der Waals surface area contributed by atoms with E-state index < -0.39 is 0 Å². The Morgan fingerprint density at radius 2 is 2.04 bits per heavy atom. The number of piperazine rings is 1. The lowest BCUT2D eigenvalue weighted by Crippen LogP contribution is -2.54. The van der Waals surface area contributed by atoms with Crippen molar-refractivity contribution < 1.29 is 9.53 Å². The van der Waals surface area contributed by atoms with Crippen molar-refractivity contribution >= 4 is 5.91 Å². The fourth-order valence-electron chi connectivity index (χ4n) is 3.57. The summed E-state index contributed by atoms with van der Waals surface area (Å²) in [6.45, 7) is 14.5. The molecule has 0 radical (unpaired) electrons. The molecule has 2 saturated heterocycles. The number of carbonyl (C=O) groups is 1. The third-order valence-electron chi connectivity index (χ3n) is 5.23. The Labute approximate surface area is 150 Å². The largest absolute Gasteiger partial charge is 0.374 e. The molecule has 0 aliphatic carbocycles. The van der Waals surface area contributed by atoms with Crippen LogP contribution in [0.3, 0.4) is 0 Å². The second-order valence-corrected chi connectivity index (χ2v) is 7.26. The van der Waals surface area contributed by atoms with Gasteiger partial charge in [0.05, 0.1) is 24.5 Å². The summed E-state index contributed by atoms with van der Waals surface area (Å²) in [5, 5.41) is 4.20. The molecular formula is C18H31N5O2. The zero-order chi connectivity index (χ0) is 17.8. The van der Waals surface area contributed by atoms with E-state index in [1.54, 1.807) is 10.9 Å². The van der Waals surface area contributed by atoms with Crippen LogP contribution in [0.25, 0.3) is 0 Å². The number of rotatable bonds is 5. The lowest BCUT2D eigenvalue weighted by Gasteiger charge is -2.40. The number of nitrogens with zero attached hydrogens (tertiary/aromatic N) is 5.